The van der Waals surface area contributed by atoms with Crippen LogP contribution in [0.5, 0.6) is 0 Å². The standard InChI is InChI=1S/C14H16ClFN2O/c1-3-9-7-13(18(2)17-9)14(19)8-10-11(15)5-4-6-12(10)16/h4-7,14,19H,3,8H2,1-2H3. The molecule has 0 amide bonds. The molecule has 5 heteroatoms. The van der Waals surface area contributed by atoms with E-state index in [-0.39, 0.29) is 6.42 Å². The van der Waals surface area contributed by atoms with Crippen LogP contribution in [0, 0.1) is 5.82 Å². The highest BCUT2D eigenvalue weighted by Gasteiger charge is 2.18. The van der Waals surface area contributed by atoms with Crippen LogP contribution in [-0.4, -0.2) is 14.9 Å². The molecular formula is C14H16ClFN2O. The van der Waals surface area contributed by atoms with E-state index in [4.69, 9.17) is 11.6 Å². The molecule has 0 bridgehead atoms. The van der Waals surface area contributed by atoms with E-state index in [1.165, 1.54) is 6.07 Å². The van der Waals surface area contributed by atoms with Gasteiger partial charge in [-0.05, 0) is 24.6 Å². The van der Waals surface area contributed by atoms with Crippen LogP contribution in [0.25, 0.3) is 0 Å². The molecule has 0 saturated carbocycles. The first kappa shape index (κ1) is 14.0. The molecule has 2 aromatic rings. The Balaban J connectivity index is 2.25. The highest BCUT2D eigenvalue weighted by Crippen LogP contribution is 2.26. The van der Waals surface area contributed by atoms with Crippen molar-refractivity contribution in [1.29, 1.82) is 0 Å². The first-order valence-electron chi connectivity index (χ1n) is 6.16. The minimum atomic E-state index is -0.827. The Morgan fingerprint density at radius 2 is 2.21 bits per heavy atom. The minimum Gasteiger partial charge on any atom is -0.386 e. The van der Waals surface area contributed by atoms with E-state index in [1.807, 2.05) is 13.0 Å². The van der Waals surface area contributed by atoms with Gasteiger partial charge in [0.25, 0.3) is 0 Å². The summed E-state index contributed by atoms with van der Waals surface area (Å²) in [7, 11) is 1.76. The molecule has 19 heavy (non-hydrogen) atoms. The fourth-order valence-corrected chi connectivity index (χ4v) is 2.29. The second-order valence-corrected chi connectivity index (χ2v) is 4.87. The molecule has 0 saturated heterocycles. The Hall–Kier alpha value is -1.39. The predicted molar refractivity (Wildman–Crippen MR) is 72.7 cm³/mol. The SMILES string of the molecule is CCc1cc(C(O)Cc2c(F)cccc2Cl)n(C)n1. The van der Waals surface area contributed by atoms with Crippen LogP contribution in [0.2, 0.25) is 5.02 Å². The minimum absolute atomic E-state index is 0.133. The van der Waals surface area contributed by atoms with Gasteiger partial charge in [-0.15, -0.1) is 0 Å². The van der Waals surface area contributed by atoms with Crippen molar-refractivity contribution in [1.82, 2.24) is 9.78 Å². The van der Waals surface area contributed by atoms with Crippen LogP contribution < -0.4 is 0 Å². The van der Waals surface area contributed by atoms with Crippen LogP contribution in [0.4, 0.5) is 4.39 Å². The zero-order valence-corrected chi connectivity index (χ0v) is 11.7. The zero-order chi connectivity index (χ0) is 14.0. The van der Waals surface area contributed by atoms with Crippen LogP contribution in [-0.2, 0) is 19.9 Å². The van der Waals surface area contributed by atoms with E-state index in [0.717, 1.165) is 12.1 Å². The third-order valence-corrected chi connectivity index (χ3v) is 3.48. The van der Waals surface area contributed by atoms with E-state index < -0.39 is 11.9 Å². The molecule has 3 nitrogen and oxygen atoms in total. The first-order valence-corrected chi connectivity index (χ1v) is 6.54. The van der Waals surface area contributed by atoms with Gasteiger partial charge >= 0.3 is 0 Å². The van der Waals surface area contributed by atoms with Gasteiger partial charge in [0.1, 0.15) is 5.82 Å². The van der Waals surface area contributed by atoms with Gasteiger partial charge in [-0.1, -0.05) is 24.6 Å². The maximum absolute atomic E-state index is 13.7. The van der Waals surface area contributed by atoms with Crippen molar-refractivity contribution in [3.63, 3.8) is 0 Å². The molecule has 1 aromatic heterocycles. The largest absolute Gasteiger partial charge is 0.386 e. The summed E-state index contributed by atoms with van der Waals surface area (Å²) >= 11 is 5.96. The Morgan fingerprint density at radius 3 is 2.79 bits per heavy atom. The molecule has 0 aliphatic carbocycles. The molecule has 102 valence electrons. The number of benzene rings is 1. The van der Waals surface area contributed by atoms with Crippen LogP contribution >= 0.6 is 11.6 Å². The number of halogens is 2. The van der Waals surface area contributed by atoms with Crippen LogP contribution in [0.1, 0.15) is 30.0 Å². The fraction of sp³-hybridized carbons (Fsp3) is 0.357. The van der Waals surface area contributed by atoms with Crippen molar-refractivity contribution in [2.75, 3.05) is 0 Å². The lowest BCUT2D eigenvalue weighted by molar-refractivity contribution is 0.167. The van der Waals surface area contributed by atoms with Crippen molar-refractivity contribution >= 4 is 11.6 Å². The summed E-state index contributed by atoms with van der Waals surface area (Å²) in [5.74, 6) is -0.399. The second kappa shape index (κ2) is 5.72. The molecule has 0 aliphatic rings. The summed E-state index contributed by atoms with van der Waals surface area (Å²) in [6.07, 6.45) is 0.0991. The highest BCUT2D eigenvalue weighted by atomic mass is 35.5. The molecule has 2 rings (SSSR count). The lowest BCUT2D eigenvalue weighted by atomic mass is 10.0. The summed E-state index contributed by atoms with van der Waals surface area (Å²) in [4.78, 5) is 0. The molecule has 0 fully saturated rings. The molecule has 1 atom stereocenters. The average molecular weight is 283 g/mol. The molecule has 0 radical (unpaired) electrons. The highest BCUT2D eigenvalue weighted by molar-refractivity contribution is 6.31. The third kappa shape index (κ3) is 2.96. The van der Waals surface area contributed by atoms with Crippen LogP contribution in [0.15, 0.2) is 24.3 Å². The van der Waals surface area contributed by atoms with Crippen molar-refractivity contribution in [3.05, 3.63) is 52.1 Å². The molecule has 0 aliphatic heterocycles. The summed E-state index contributed by atoms with van der Waals surface area (Å²) in [6.45, 7) is 1.99. The topological polar surface area (TPSA) is 38.0 Å². The van der Waals surface area contributed by atoms with Crippen LogP contribution in [0.3, 0.4) is 0 Å². The summed E-state index contributed by atoms with van der Waals surface area (Å²) in [5.41, 5.74) is 1.89. The quantitative estimate of drug-likeness (QED) is 0.936. The number of rotatable bonds is 4. The molecular weight excluding hydrogens is 267 g/mol. The maximum Gasteiger partial charge on any atom is 0.127 e. The maximum atomic E-state index is 13.7. The average Bonchev–Trinajstić information content (AvgIpc) is 2.75. The van der Waals surface area contributed by atoms with Gasteiger partial charge in [0, 0.05) is 24.1 Å². The van der Waals surface area contributed by atoms with E-state index in [1.54, 1.807) is 23.9 Å². The van der Waals surface area contributed by atoms with Gasteiger partial charge in [-0.3, -0.25) is 4.68 Å². The number of aromatic nitrogens is 2. The van der Waals surface area contributed by atoms with Crippen molar-refractivity contribution in [2.45, 2.75) is 25.9 Å². The fourth-order valence-electron chi connectivity index (χ4n) is 2.05. The van der Waals surface area contributed by atoms with Crippen molar-refractivity contribution in [3.8, 4) is 0 Å². The number of aliphatic hydroxyl groups is 1. The molecule has 1 heterocycles. The summed E-state index contributed by atoms with van der Waals surface area (Å²) in [5, 5.41) is 14.8. The molecule has 0 spiro atoms. The van der Waals surface area contributed by atoms with Gasteiger partial charge in [0.05, 0.1) is 17.5 Å². The number of aliphatic hydroxyl groups excluding tert-OH is 1. The third-order valence-electron chi connectivity index (χ3n) is 3.13. The predicted octanol–water partition coefficient (Wildman–Crippen LogP) is 3.05. The van der Waals surface area contributed by atoms with E-state index >= 15 is 0 Å². The number of hydrogen-bond acceptors (Lipinski definition) is 2. The zero-order valence-electron chi connectivity index (χ0n) is 10.9. The van der Waals surface area contributed by atoms with E-state index in [2.05, 4.69) is 5.10 Å². The van der Waals surface area contributed by atoms with Gasteiger partial charge in [0.15, 0.2) is 0 Å². The number of nitrogens with zero attached hydrogens (tertiary/aromatic N) is 2. The van der Waals surface area contributed by atoms with E-state index in [0.29, 0.717) is 16.3 Å². The smallest absolute Gasteiger partial charge is 0.127 e. The normalized spacial score (nSPS) is 12.7. The van der Waals surface area contributed by atoms with Crippen molar-refractivity contribution < 1.29 is 9.50 Å². The van der Waals surface area contributed by atoms with Gasteiger partial charge < -0.3 is 5.11 Å². The Kier molecular flexibility index (Phi) is 4.22. The molecule has 1 N–H and O–H groups in total. The van der Waals surface area contributed by atoms with Crippen molar-refractivity contribution in [2.24, 2.45) is 7.05 Å². The Labute approximate surface area is 116 Å². The number of hydrogen-bond donors (Lipinski definition) is 1. The summed E-state index contributed by atoms with van der Waals surface area (Å²) in [6, 6.07) is 6.34. The monoisotopic (exact) mass is 282 g/mol. The Bertz CT molecular complexity index is 563. The van der Waals surface area contributed by atoms with Gasteiger partial charge in [0.2, 0.25) is 0 Å². The second-order valence-electron chi connectivity index (χ2n) is 4.46. The lowest BCUT2D eigenvalue weighted by Gasteiger charge is -2.12. The van der Waals surface area contributed by atoms with Gasteiger partial charge in [-0.25, -0.2) is 4.39 Å². The molecule has 1 aromatic carbocycles. The molecule has 1 unspecified atom stereocenters. The first-order chi connectivity index (χ1) is 9.02. The Morgan fingerprint density at radius 1 is 1.47 bits per heavy atom. The summed E-state index contributed by atoms with van der Waals surface area (Å²) < 4.78 is 15.3. The number of aryl methyl sites for hydroxylation is 2. The lowest BCUT2D eigenvalue weighted by Crippen LogP contribution is -2.09. The van der Waals surface area contributed by atoms with E-state index in [9.17, 15) is 9.50 Å². The van der Waals surface area contributed by atoms with Gasteiger partial charge in [-0.2, -0.15) is 5.10 Å².